The Bertz CT molecular complexity index is 881. The van der Waals surface area contributed by atoms with Gasteiger partial charge < -0.3 is 24.8 Å². The lowest BCUT2D eigenvalue weighted by molar-refractivity contribution is -0.0789. The molecule has 1 amide bonds. The van der Waals surface area contributed by atoms with Gasteiger partial charge in [0, 0.05) is 35.6 Å². The molecule has 1 spiro atoms. The van der Waals surface area contributed by atoms with Crippen LogP contribution in [0.2, 0.25) is 0 Å². The summed E-state index contributed by atoms with van der Waals surface area (Å²) >= 11 is 0. The van der Waals surface area contributed by atoms with Gasteiger partial charge in [0.2, 0.25) is 5.88 Å². The van der Waals surface area contributed by atoms with Gasteiger partial charge in [-0.3, -0.25) is 5.10 Å². The molecule has 1 saturated heterocycles. The lowest BCUT2D eigenvalue weighted by Gasteiger charge is -2.41. The van der Waals surface area contributed by atoms with E-state index >= 15 is 0 Å². The summed E-state index contributed by atoms with van der Waals surface area (Å²) in [5, 5.41) is 13.8. The van der Waals surface area contributed by atoms with Crippen molar-refractivity contribution in [3.8, 4) is 5.88 Å². The Morgan fingerprint density at radius 1 is 1.21 bits per heavy atom. The van der Waals surface area contributed by atoms with Gasteiger partial charge in [-0.15, -0.1) is 0 Å². The van der Waals surface area contributed by atoms with Crippen molar-refractivity contribution in [1.82, 2.24) is 20.5 Å². The Labute approximate surface area is 168 Å². The van der Waals surface area contributed by atoms with Crippen LogP contribution in [0, 0.1) is 0 Å². The summed E-state index contributed by atoms with van der Waals surface area (Å²) < 4.78 is 16.9. The molecule has 2 atom stereocenters. The minimum Gasteiger partial charge on any atom is -0.478 e. The molecule has 9 heteroatoms. The number of pyridine rings is 1. The van der Waals surface area contributed by atoms with Crippen LogP contribution in [0.25, 0.3) is 0 Å². The van der Waals surface area contributed by atoms with Gasteiger partial charge in [0.1, 0.15) is 6.10 Å². The van der Waals surface area contributed by atoms with Gasteiger partial charge in [0.25, 0.3) is 0 Å². The van der Waals surface area contributed by atoms with Crippen LogP contribution in [0.3, 0.4) is 0 Å². The molecular weight excluding hydrogens is 374 g/mol. The van der Waals surface area contributed by atoms with E-state index in [2.05, 4.69) is 25.8 Å². The van der Waals surface area contributed by atoms with Gasteiger partial charge in [0.05, 0.1) is 25.4 Å². The molecule has 154 valence electrons. The van der Waals surface area contributed by atoms with Gasteiger partial charge >= 0.3 is 6.09 Å². The van der Waals surface area contributed by atoms with E-state index in [1.54, 1.807) is 6.20 Å². The maximum atomic E-state index is 12.5. The fourth-order valence-electron chi connectivity index (χ4n) is 4.27. The molecule has 2 fully saturated rings. The Morgan fingerprint density at radius 3 is 3.00 bits per heavy atom. The van der Waals surface area contributed by atoms with Crippen molar-refractivity contribution in [3.05, 3.63) is 30.1 Å². The predicted molar refractivity (Wildman–Crippen MR) is 104 cm³/mol. The fourth-order valence-corrected chi connectivity index (χ4v) is 4.27. The third-order valence-corrected chi connectivity index (χ3v) is 5.88. The zero-order valence-electron chi connectivity index (χ0n) is 16.1. The zero-order chi connectivity index (χ0) is 19.7. The van der Waals surface area contributed by atoms with E-state index in [0.29, 0.717) is 31.6 Å². The zero-order valence-corrected chi connectivity index (χ0v) is 16.1. The minimum atomic E-state index is -0.362. The number of rotatable bonds is 0. The number of nitrogens with zero attached hydrogens (tertiary/aromatic N) is 2. The van der Waals surface area contributed by atoms with E-state index in [4.69, 9.17) is 14.2 Å². The van der Waals surface area contributed by atoms with Gasteiger partial charge in [-0.05, 0) is 38.2 Å². The molecule has 6 bridgehead atoms. The maximum Gasteiger partial charge on any atom is 0.408 e. The number of hydrogen-bond donors (Lipinski definition) is 3. The molecule has 3 aliphatic rings. The Balaban J connectivity index is 1.36. The van der Waals surface area contributed by atoms with Crippen LogP contribution in [0.5, 0.6) is 5.88 Å². The molecule has 2 aromatic heterocycles. The quantitative estimate of drug-likeness (QED) is 0.625. The summed E-state index contributed by atoms with van der Waals surface area (Å²) in [7, 11) is 0. The summed E-state index contributed by atoms with van der Waals surface area (Å²) in [5.41, 5.74) is 1.56. The Morgan fingerprint density at radius 2 is 2.14 bits per heavy atom. The number of carbonyl (C=O) groups is 1. The second kappa shape index (κ2) is 7.55. The number of carbonyl (C=O) groups excluding carboxylic acids is 1. The van der Waals surface area contributed by atoms with E-state index in [0.717, 1.165) is 49.3 Å². The van der Waals surface area contributed by atoms with E-state index < -0.39 is 0 Å². The van der Waals surface area contributed by atoms with Crippen molar-refractivity contribution in [3.63, 3.8) is 0 Å². The normalized spacial score (nSPS) is 26.1. The van der Waals surface area contributed by atoms with Crippen molar-refractivity contribution >= 4 is 17.6 Å². The highest BCUT2D eigenvalue weighted by Gasteiger charge is 2.41. The van der Waals surface area contributed by atoms with Crippen LogP contribution < -0.4 is 15.4 Å². The van der Waals surface area contributed by atoms with Crippen LogP contribution in [-0.2, 0) is 9.47 Å². The number of hydrogen-bond acceptors (Lipinski definition) is 7. The molecule has 2 aromatic rings. The number of H-pyrrole nitrogens is 1. The van der Waals surface area contributed by atoms with Gasteiger partial charge in [-0.25, -0.2) is 9.78 Å². The first kappa shape index (κ1) is 18.2. The van der Waals surface area contributed by atoms with Crippen LogP contribution in [0.1, 0.15) is 43.7 Å². The molecular formula is C20H25N5O4. The first-order chi connectivity index (χ1) is 14.2. The highest BCUT2D eigenvalue weighted by atomic mass is 16.6. The van der Waals surface area contributed by atoms with Gasteiger partial charge in [0.15, 0.2) is 5.82 Å². The highest BCUT2D eigenvalue weighted by Crippen LogP contribution is 2.36. The average molecular weight is 399 g/mol. The van der Waals surface area contributed by atoms with E-state index in [1.165, 1.54) is 0 Å². The van der Waals surface area contributed by atoms with E-state index in [-0.39, 0.29) is 17.7 Å². The molecule has 0 unspecified atom stereocenters. The van der Waals surface area contributed by atoms with Crippen LogP contribution in [-0.4, -0.2) is 52.7 Å². The summed E-state index contributed by atoms with van der Waals surface area (Å²) in [6.07, 6.45) is 5.42. The fraction of sp³-hybridized carbons (Fsp3) is 0.550. The SMILES string of the molecule is O=C1NC2(CCCOc3cc(ccn3)Nc3cc([nH]n3)[C@H]3CC[C@H](C3)O1)COC2. The molecule has 3 N–H and O–H groups in total. The summed E-state index contributed by atoms with van der Waals surface area (Å²) in [6, 6.07) is 5.76. The number of anilines is 2. The number of ether oxygens (including phenoxy) is 3. The number of aromatic nitrogens is 3. The smallest absolute Gasteiger partial charge is 0.408 e. The Kier molecular flexibility index (Phi) is 4.75. The molecule has 1 saturated carbocycles. The second-order valence-corrected chi connectivity index (χ2v) is 8.10. The monoisotopic (exact) mass is 399 g/mol. The van der Waals surface area contributed by atoms with E-state index in [1.807, 2.05) is 18.2 Å². The van der Waals surface area contributed by atoms with Gasteiger partial charge in [-0.1, -0.05) is 0 Å². The number of nitrogens with one attached hydrogen (secondary N) is 3. The van der Waals surface area contributed by atoms with Crippen molar-refractivity contribution in [2.75, 3.05) is 25.1 Å². The van der Waals surface area contributed by atoms with Crippen LogP contribution in [0.4, 0.5) is 16.3 Å². The van der Waals surface area contributed by atoms with Crippen molar-refractivity contribution in [2.45, 2.75) is 49.7 Å². The largest absolute Gasteiger partial charge is 0.478 e. The summed E-state index contributed by atoms with van der Waals surface area (Å²) in [4.78, 5) is 16.7. The van der Waals surface area contributed by atoms with Crippen molar-refractivity contribution in [2.24, 2.45) is 0 Å². The number of alkyl carbamates (subject to hydrolysis) is 1. The minimum absolute atomic E-state index is 0.0808. The third-order valence-electron chi connectivity index (χ3n) is 5.88. The first-order valence-corrected chi connectivity index (χ1v) is 10.2. The first-order valence-electron chi connectivity index (χ1n) is 10.2. The molecule has 9 nitrogen and oxygen atoms in total. The number of amides is 1. The lowest BCUT2D eigenvalue weighted by atomic mass is 9.92. The topological polar surface area (TPSA) is 110 Å². The molecule has 29 heavy (non-hydrogen) atoms. The second-order valence-electron chi connectivity index (χ2n) is 8.10. The van der Waals surface area contributed by atoms with Gasteiger partial charge in [-0.2, -0.15) is 5.10 Å². The molecule has 1 aliphatic carbocycles. The third kappa shape index (κ3) is 4.00. The molecule has 0 aromatic carbocycles. The predicted octanol–water partition coefficient (Wildman–Crippen LogP) is 2.85. The molecule has 5 rings (SSSR count). The number of fused-ring (bicyclic) bond motifs is 7. The number of aromatic amines is 1. The lowest BCUT2D eigenvalue weighted by Crippen LogP contribution is -2.62. The standard InChI is InChI=1S/C20H25N5O4/c26-19-23-20(11-27-12-20)5-1-7-28-18-9-14(4-6-21-18)22-17-10-16(24-25-17)13-2-3-15(8-13)29-19/h4,6,9-10,13,15H,1-3,5,7-8,11-12H2,(H,23,26)(H2,22,24,25)/t13-,15+/m0/s1. The summed E-state index contributed by atoms with van der Waals surface area (Å²) in [6.45, 7) is 1.51. The van der Waals surface area contributed by atoms with Crippen molar-refractivity contribution < 1.29 is 19.0 Å². The summed E-state index contributed by atoms with van der Waals surface area (Å²) in [5.74, 6) is 1.59. The van der Waals surface area contributed by atoms with E-state index in [9.17, 15) is 4.79 Å². The Hall–Kier alpha value is -2.81. The molecule has 0 radical (unpaired) electrons. The molecule has 4 heterocycles. The maximum absolute atomic E-state index is 12.5. The molecule has 2 aliphatic heterocycles. The van der Waals surface area contributed by atoms with Crippen LogP contribution in [0.15, 0.2) is 24.4 Å². The highest BCUT2D eigenvalue weighted by molar-refractivity contribution is 5.69. The van der Waals surface area contributed by atoms with Crippen molar-refractivity contribution in [1.29, 1.82) is 0 Å². The van der Waals surface area contributed by atoms with Crippen LogP contribution >= 0.6 is 0 Å². The average Bonchev–Trinajstić information content (AvgIpc) is 3.32.